The molecule has 3 rings (SSSR count). The lowest BCUT2D eigenvalue weighted by Gasteiger charge is -2.26. The SMILES string of the molecule is O=C(c1ccc2c(c1)CCN2)N1CCS(=O)(=O)CC1. The van der Waals surface area contributed by atoms with Crippen molar-refractivity contribution < 1.29 is 13.2 Å². The Bertz CT molecular complexity index is 611. The molecule has 0 radical (unpaired) electrons. The van der Waals surface area contributed by atoms with Crippen LogP contribution in [0.4, 0.5) is 5.69 Å². The predicted molar refractivity (Wildman–Crippen MR) is 73.2 cm³/mol. The van der Waals surface area contributed by atoms with Crippen LogP contribution in [0, 0.1) is 0 Å². The molecule has 1 aromatic rings. The van der Waals surface area contributed by atoms with Gasteiger partial charge in [0, 0.05) is 30.9 Å². The molecule has 2 aliphatic heterocycles. The number of carbonyl (C=O) groups excluding carboxylic acids is 1. The van der Waals surface area contributed by atoms with Crippen LogP contribution in [0.15, 0.2) is 18.2 Å². The van der Waals surface area contributed by atoms with Crippen LogP contribution < -0.4 is 5.32 Å². The van der Waals surface area contributed by atoms with Gasteiger partial charge in [0.25, 0.3) is 5.91 Å². The third-order valence-corrected chi connectivity index (χ3v) is 5.30. The van der Waals surface area contributed by atoms with Crippen LogP contribution in [0.1, 0.15) is 15.9 Å². The second-order valence-corrected chi connectivity index (χ2v) is 7.30. The smallest absolute Gasteiger partial charge is 0.253 e. The van der Waals surface area contributed by atoms with Gasteiger partial charge in [-0.3, -0.25) is 4.79 Å². The second-order valence-electron chi connectivity index (χ2n) is 4.99. The quantitative estimate of drug-likeness (QED) is 0.814. The van der Waals surface area contributed by atoms with Crippen molar-refractivity contribution in [2.45, 2.75) is 6.42 Å². The van der Waals surface area contributed by atoms with Crippen molar-refractivity contribution in [3.8, 4) is 0 Å². The minimum atomic E-state index is -2.94. The molecule has 5 nitrogen and oxygen atoms in total. The summed E-state index contributed by atoms with van der Waals surface area (Å²) in [6.45, 7) is 1.52. The summed E-state index contributed by atoms with van der Waals surface area (Å²) in [5.74, 6) is 0.0841. The van der Waals surface area contributed by atoms with E-state index in [9.17, 15) is 13.2 Å². The molecular weight excluding hydrogens is 264 g/mol. The highest BCUT2D eigenvalue weighted by molar-refractivity contribution is 7.91. The molecular formula is C13H16N2O3S. The highest BCUT2D eigenvalue weighted by Crippen LogP contribution is 2.23. The van der Waals surface area contributed by atoms with Gasteiger partial charge < -0.3 is 10.2 Å². The number of rotatable bonds is 1. The largest absolute Gasteiger partial charge is 0.384 e. The molecule has 1 N–H and O–H groups in total. The van der Waals surface area contributed by atoms with Crippen LogP contribution in [0.3, 0.4) is 0 Å². The van der Waals surface area contributed by atoms with Crippen molar-refractivity contribution in [1.29, 1.82) is 0 Å². The maximum atomic E-state index is 12.3. The molecule has 6 heteroatoms. The number of fused-ring (bicyclic) bond motifs is 1. The van der Waals surface area contributed by atoms with E-state index in [2.05, 4.69) is 5.32 Å². The van der Waals surface area contributed by atoms with Gasteiger partial charge in [-0.05, 0) is 30.2 Å². The Hall–Kier alpha value is -1.56. The summed E-state index contributed by atoms with van der Waals surface area (Å²) >= 11 is 0. The van der Waals surface area contributed by atoms with Gasteiger partial charge in [-0.15, -0.1) is 0 Å². The van der Waals surface area contributed by atoms with Crippen molar-refractivity contribution >= 4 is 21.4 Å². The first kappa shape index (κ1) is 12.5. The summed E-state index contributed by atoms with van der Waals surface area (Å²) in [4.78, 5) is 14.0. The summed E-state index contributed by atoms with van der Waals surface area (Å²) in [6.07, 6.45) is 0.935. The predicted octanol–water partition coefficient (Wildman–Crippen LogP) is 0.525. The minimum absolute atomic E-state index is 0.0652. The number of hydrogen-bond donors (Lipinski definition) is 1. The number of nitrogens with one attached hydrogen (secondary N) is 1. The summed E-state index contributed by atoms with van der Waals surface area (Å²) in [5, 5.41) is 3.25. The molecule has 0 spiro atoms. The maximum absolute atomic E-state index is 12.3. The van der Waals surface area contributed by atoms with Crippen molar-refractivity contribution in [1.82, 2.24) is 4.90 Å². The molecule has 19 heavy (non-hydrogen) atoms. The molecule has 0 aliphatic carbocycles. The fraction of sp³-hybridized carbons (Fsp3) is 0.462. The zero-order valence-electron chi connectivity index (χ0n) is 10.6. The standard InChI is InChI=1S/C13H16N2O3S/c16-13(15-5-7-19(17,18)8-6-15)11-1-2-12-10(9-11)3-4-14-12/h1-2,9,14H,3-8H2. The van der Waals surface area contributed by atoms with E-state index < -0.39 is 9.84 Å². The van der Waals surface area contributed by atoms with Crippen LogP contribution in [-0.4, -0.2) is 50.4 Å². The normalized spacial score (nSPS) is 20.7. The Labute approximate surface area is 112 Å². The molecule has 0 bridgehead atoms. The number of sulfone groups is 1. The number of anilines is 1. The average molecular weight is 280 g/mol. The number of hydrogen-bond acceptors (Lipinski definition) is 4. The Kier molecular flexibility index (Phi) is 2.97. The van der Waals surface area contributed by atoms with Crippen LogP contribution in [0.2, 0.25) is 0 Å². The van der Waals surface area contributed by atoms with E-state index >= 15 is 0 Å². The van der Waals surface area contributed by atoms with E-state index in [0.717, 1.165) is 24.2 Å². The molecule has 1 aromatic carbocycles. The lowest BCUT2D eigenvalue weighted by Crippen LogP contribution is -2.43. The van der Waals surface area contributed by atoms with E-state index in [-0.39, 0.29) is 17.4 Å². The van der Waals surface area contributed by atoms with Crippen molar-refractivity contribution in [2.75, 3.05) is 36.5 Å². The minimum Gasteiger partial charge on any atom is -0.384 e. The first-order chi connectivity index (χ1) is 9.05. The van der Waals surface area contributed by atoms with E-state index in [0.29, 0.717) is 18.7 Å². The Balaban J connectivity index is 1.77. The molecule has 1 amide bonds. The molecule has 1 fully saturated rings. The number of nitrogens with zero attached hydrogens (tertiary/aromatic N) is 1. The molecule has 0 unspecified atom stereocenters. The first-order valence-corrected chi connectivity index (χ1v) is 8.24. The highest BCUT2D eigenvalue weighted by atomic mass is 32.2. The maximum Gasteiger partial charge on any atom is 0.253 e. The monoisotopic (exact) mass is 280 g/mol. The molecule has 0 atom stereocenters. The number of carbonyl (C=O) groups is 1. The number of benzene rings is 1. The van der Waals surface area contributed by atoms with Crippen LogP contribution in [0.5, 0.6) is 0 Å². The van der Waals surface area contributed by atoms with Crippen LogP contribution in [0.25, 0.3) is 0 Å². The first-order valence-electron chi connectivity index (χ1n) is 6.42. The summed E-state index contributed by atoms with van der Waals surface area (Å²) in [5.41, 5.74) is 2.91. The lowest BCUT2D eigenvalue weighted by molar-refractivity contribution is 0.0770. The lowest BCUT2D eigenvalue weighted by atomic mass is 10.1. The molecule has 1 saturated heterocycles. The molecule has 102 valence electrons. The third-order valence-electron chi connectivity index (χ3n) is 3.69. The Morgan fingerprint density at radius 3 is 2.68 bits per heavy atom. The summed E-state index contributed by atoms with van der Waals surface area (Å²) in [6, 6.07) is 5.65. The van der Waals surface area contributed by atoms with Gasteiger partial charge in [-0.2, -0.15) is 0 Å². The fourth-order valence-electron chi connectivity index (χ4n) is 2.54. The van der Waals surface area contributed by atoms with Gasteiger partial charge >= 0.3 is 0 Å². The van der Waals surface area contributed by atoms with E-state index in [4.69, 9.17) is 0 Å². The molecule has 0 saturated carbocycles. The summed E-state index contributed by atoms with van der Waals surface area (Å²) < 4.78 is 22.7. The average Bonchev–Trinajstić information content (AvgIpc) is 2.85. The Morgan fingerprint density at radius 1 is 1.21 bits per heavy atom. The van der Waals surface area contributed by atoms with Crippen molar-refractivity contribution in [3.63, 3.8) is 0 Å². The van der Waals surface area contributed by atoms with E-state index in [1.54, 1.807) is 4.90 Å². The van der Waals surface area contributed by atoms with Gasteiger partial charge in [0.05, 0.1) is 11.5 Å². The van der Waals surface area contributed by atoms with Gasteiger partial charge in [-0.1, -0.05) is 0 Å². The summed E-state index contributed by atoms with van der Waals surface area (Å²) in [7, 11) is -2.94. The molecule has 0 aromatic heterocycles. The van der Waals surface area contributed by atoms with Gasteiger partial charge in [0.2, 0.25) is 0 Å². The van der Waals surface area contributed by atoms with Gasteiger partial charge in [-0.25, -0.2) is 8.42 Å². The Morgan fingerprint density at radius 2 is 1.95 bits per heavy atom. The topological polar surface area (TPSA) is 66.5 Å². The zero-order valence-corrected chi connectivity index (χ0v) is 11.4. The second kappa shape index (κ2) is 4.52. The van der Waals surface area contributed by atoms with Crippen molar-refractivity contribution in [2.24, 2.45) is 0 Å². The highest BCUT2D eigenvalue weighted by Gasteiger charge is 2.26. The van der Waals surface area contributed by atoms with Gasteiger partial charge in [0.15, 0.2) is 9.84 Å². The van der Waals surface area contributed by atoms with E-state index in [1.807, 2.05) is 18.2 Å². The van der Waals surface area contributed by atoms with Crippen LogP contribution >= 0.6 is 0 Å². The van der Waals surface area contributed by atoms with Crippen LogP contribution in [-0.2, 0) is 16.3 Å². The third kappa shape index (κ3) is 2.45. The number of amides is 1. The zero-order chi connectivity index (χ0) is 13.5. The molecule has 2 aliphatic rings. The molecule has 2 heterocycles. The van der Waals surface area contributed by atoms with Gasteiger partial charge in [0.1, 0.15) is 0 Å². The van der Waals surface area contributed by atoms with Crippen molar-refractivity contribution in [3.05, 3.63) is 29.3 Å². The van der Waals surface area contributed by atoms with E-state index in [1.165, 1.54) is 0 Å². The fourth-order valence-corrected chi connectivity index (χ4v) is 3.74.